The molecule has 0 radical (unpaired) electrons. The first kappa shape index (κ1) is 14.1. The molecule has 2 rings (SSSR count). The summed E-state index contributed by atoms with van der Waals surface area (Å²) in [6.07, 6.45) is 1.29. The molecule has 1 heterocycles. The van der Waals surface area contributed by atoms with Gasteiger partial charge in [-0.25, -0.2) is 4.98 Å². The number of aliphatic hydroxyl groups excluding tert-OH is 1. The van der Waals surface area contributed by atoms with Crippen molar-refractivity contribution in [2.24, 2.45) is 0 Å². The van der Waals surface area contributed by atoms with Crippen molar-refractivity contribution < 1.29 is 5.11 Å². The maximum absolute atomic E-state index is 9.57. The zero-order chi connectivity index (χ0) is 13.8. The quantitative estimate of drug-likeness (QED) is 0.895. The summed E-state index contributed by atoms with van der Waals surface area (Å²) in [5.74, 6) is 0.552. The molecule has 0 aliphatic rings. The van der Waals surface area contributed by atoms with Crippen molar-refractivity contribution in [3.8, 4) is 0 Å². The average molecular weight is 273 g/mol. The van der Waals surface area contributed by atoms with Gasteiger partial charge in [0.2, 0.25) is 0 Å². The molecule has 100 valence electrons. The van der Waals surface area contributed by atoms with Crippen LogP contribution in [0.3, 0.4) is 0 Å². The zero-order valence-electron chi connectivity index (χ0n) is 11.5. The summed E-state index contributed by atoms with van der Waals surface area (Å²) in [5.41, 5.74) is 2.24. The number of hydrogen-bond acceptors (Lipinski definition) is 3. The maximum Gasteiger partial charge on any atom is 0.101 e. The topological polar surface area (TPSA) is 33.1 Å². The van der Waals surface area contributed by atoms with Gasteiger partial charge in [0, 0.05) is 11.1 Å². The third-order valence-electron chi connectivity index (χ3n) is 3.01. The van der Waals surface area contributed by atoms with Crippen molar-refractivity contribution in [3.63, 3.8) is 0 Å². The number of aliphatic hydroxyl groups is 1. The molecule has 0 bridgehead atoms. The molecular weight excluding hydrogens is 254 g/mol. The van der Waals surface area contributed by atoms with Crippen molar-refractivity contribution in [1.82, 2.24) is 4.98 Å². The van der Waals surface area contributed by atoms with E-state index in [-0.39, 0.29) is 0 Å². The summed E-state index contributed by atoms with van der Waals surface area (Å²) in [7, 11) is 0. The van der Waals surface area contributed by atoms with E-state index in [9.17, 15) is 5.11 Å². The third kappa shape index (κ3) is 3.82. The Hall–Kier alpha value is -1.32. The smallest absolute Gasteiger partial charge is 0.101 e. The van der Waals surface area contributed by atoms with Crippen LogP contribution in [0.5, 0.6) is 0 Å². The number of nitrogens with zero attached hydrogens (tertiary/aromatic N) is 1. The largest absolute Gasteiger partial charge is 0.389 e. The molecule has 3 heteroatoms. The lowest BCUT2D eigenvalue weighted by molar-refractivity contribution is 0.199. The summed E-state index contributed by atoms with van der Waals surface area (Å²) in [5, 5.41) is 10.5. The Bertz CT molecular complexity index is 535. The Kier molecular flexibility index (Phi) is 4.61. The van der Waals surface area contributed by atoms with Crippen molar-refractivity contribution >= 4 is 11.8 Å². The van der Waals surface area contributed by atoms with Crippen LogP contribution >= 0.6 is 11.8 Å². The third-order valence-corrected chi connectivity index (χ3v) is 3.95. The summed E-state index contributed by atoms with van der Waals surface area (Å²) >= 11 is 1.62. The molecule has 19 heavy (non-hydrogen) atoms. The van der Waals surface area contributed by atoms with E-state index in [1.165, 1.54) is 10.5 Å². The summed E-state index contributed by atoms with van der Waals surface area (Å²) in [6.45, 7) is 6.15. The average Bonchev–Trinajstić information content (AvgIpc) is 2.39. The summed E-state index contributed by atoms with van der Waals surface area (Å²) < 4.78 is 0. The Morgan fingerprint density at radius 2 is 1.68 bits per heavy atom. The van der Waals surface area contributed by atoms with Crippen LogP contribution in [0.15, 0.2) is 52.5 Å². The monoisotopic (exact) mass is 273 g/mol. The molecule has 0 saturated carbocycles. The van der Waals surface area contributed by atoms with Crippen LogP contribution in [0.25, 0.3) is 0 Å². The van der Waals surface area contributed by atoms with Gasteiger partial charge in [0.25, 0.3) is 0 Å². The molecule has 2 nitrogen and oxygen atoms in total. The predicted octanol–water partition coefficient (Wildman–Crippen LogP) is 4.41. The highest BCUT2D eigenvalue weighted by molar-refractivity contribution is 7.99. The van der Waals surface area contributed by atoms with Crippen molar-refractivity contribution in [3.05, 3.63) is 53.7 Å². The Morgan fingerprint density at radius 1 is 1.00 bits per heavy atom. The molecule has 1 unspecified atom stereocenters. The van der Waals surface area contributed by atoms with Gasteiger partial charge >= 0.3 is 0 Å². The van der Waals surface area contributed by atoms with Gasteiger partial charge in [-0.1, -0.05) is 37.7 Å². The molecule has 1 atom stereocenters. The van der Waals surface area contributed by atoms with Crippen molar-refractivity contribution in [1.29, 1.82) is 0 Å². The second-order valence-electron chi connectivity index (χ2n) is 4.93. The zero-order valence-corrected chi connectivity index (χ0v) is 12.3. The fraction of sp³-hybridized carbons (Fsp3) is 0.312. The van der Waals surface area contributed by atoms with Crippen molar-refractivity contribution in [2.45, 2.75) is 42.7 Å². The summed E-state index contributed by atoms with van der Waals surface area (Å²) in [6, 6.07) is 12.3. The Balaban J connectivity index is 2.14. The van der Waals surface area contributed by atoms with Crippen LogP contribution in [-0.4, -0.2) is 10.1 Å². The van der Waals surface area contributed by atoms with Gasteiger partial charge in [0.15, 0.2) is 0 Å². The molecule has 1 aromatic heterocycles. The molecule has 0 aliphatic heterocycles. The van der Waals surface area contributed by atoms with E-state index in [1.54, 1.807) is 24.9 Å². The lowest BCUT2D eigenvalue weighted by Crippen LogP contribution is -1.92. The lowest BCUT2D eigenvalue weighted by Gasteiger charge is -2.08. The second-order valence-corrected chi connectivity index (χ2v) is 6.02. The van der Waals surface area contributed by atoms with Gasteiger partial charge in [0.05, 0.1) is 6.10 Å². The molecular formula is C16H19NOS. The van der Waals surface area contributed by atoms with E-state index >= 15 is 0 Å². The van der Waals surface area contributed by atoms with Crippen LogP contribution in [0, 0.1) is 0 Å². The SMILES string of the molecule is CC(C)c1ccc(Sc2cc(C(C)O)ccn2)cc1. The molecule has 1 aromatic carbocycles. The first-order valence-corrected chi connectivity index (χ1v) is 7.29. The highest BCUT2D eigenvalue weighted by Gasteiger charge is 2.05. The van der Waals surface area contributed by atoms with Gasteiger partial charge in [-0.05, 0) is 48.2 Å². The summed E-state index contributed by atoms with van der Waals surface area (Å²) in [4.78, 5) is 5.49. The minimum absolute atomic E-state index is 0.453. The number of benzene rings is 1. The molecule has 0 amide bonds. The first-order chi connectivity index (χ1) is 9.06. The normalized spacial score (nSPS) is 12.7. The van der Waals surface area contributed by atoms with Gasteiger partial charge in [-0.2, -0.15) is 0 Å². The number of aromatic nitrogens is 1. The fourth-order valence-electron chi connectivity index (χ4n) is 1.78. The molecule has 0 spiro atoms. The minimum atomic E-state index is -0.453. The van der Waals surface area contributed by atoms with Crippen LogP contribution in [0.1, 0.15) is 43.9 Å². The lowest BCUT2D eigenvalue weighted by atomic mass is 10.0. The second kappa shape index (κ2) is 6.22. The highest BCUT2D eigenvalue weighted by atomic mass is 32.2. The van der Waals surface area contributed by atoms with Gasteiger partial charge in [-0.3, -0.25) is 0 Å². The minimum Gasteiger partial charge on any atom is -0.389 e. The molecule has 0 aliphatic carbocycles. The van der Waals surface area contributed by atoms with E-state index in [4.69, 9.17) is 0 Å². The fourth-order valence-corrected chi connectivity index (χ4v) is 2.60. The van der Waals surface area contributed by atoms with Gasteiger partial charge in [0.1, 0.15) is 5.03 Å². The Morgan fingerprint density at radius 3 is 2.26 bits per heavy atom. The predicted molar refractivity (Wildman–Crippen MR) is 79.5 cm³/mol. The molecule has 0 saturated heterocycles. The van der Waals surface area contributed by atoms with E-state index in [1.807, 2.05) is 12.1 Å². The van der Waals surface area contributed by atoms with Gasteiger partial charge < -0.3 is 5.11 Å². The molecule has 0 fully saturated rings. The number of pyridine rings is 1. The van der Waals surface area contributed by atoms with E-state index in [0.717, 1.165) is 10.6 Å². The number of rotatable bonds is 4. The van der Waals surface area contributed by atoms with Crippen molar-refractivity contribution in [2.75, 3.05) is 0 Å². The standard InChI is InChI=1S/C16H19NOS/c1-11(2)13-4-6-15(7-5-13)19-16-10-14(12(3)18)8-9-17-16/h4-12,18H,1-3H3. The van der Waals surface area contributed by atoms with Crippen LogP contribution in [0.4, 0.5) is 0 Å². The van der Waals surface area contributed by atoms with E-state index < -0.39 is 6.10 Å². The Labute approximate surface area is 118 Å². The maximum atomic E-state index is 9.57. The molecule has 1 N–H and O–H groups in total. The number of hydrogen-bond donors (Lipinski definition) is 1. The van der Waals surface area contributed by atoms with Gasteiger partial charge in [-0.15, -0.1) is 0 Å². The highest BCUT2D eigenvalue weighted by Crippen LogP contribution is 2.28. The van der Waals surface area contributed by atoms with E-state index in [2.05, 4.69) is 43.1 Å². The van der Waals surface area contributed by atoms with Crippen LogP contribution in [-0.2, 0) is 0 Å². The van der Waals surface area contributed by atoms with Crippen LogP contribution in [0.2, 0.25) is 0 Å². The van der Waals surface area contributed by atoms with E-state index in [0.29, 0.717) is 5.92 Å². The first-order valence-electron chi connectivity index (χ1n) is 6.48. The van der Waals surface area contributed by atoms with Crippen LogP contribution < -0.4 is 0 Å². The molecule has 2 aromatic rings.